The number of hydrogen-bond acceptors (Lipinski definition) is 6. The topological polar surface area (TPSA) is 109 Å². The SMILES string of the molecule is Cn1c(=O)c(=O)n(C)c2cc(S(=O)(=O)NCC3COc4ccccc4O3)ccc21. The van der Waals surface area contributed by atoms with Crippen LogP contribution in [0.5, 0.6) is 11.5 Å². The molecule has 0 amide bonds. The lowest BCUT2D eigenvalue weighted by atomic mass is 10.2. The summed E-state index contributed by atoms with van der Waals surface area (Å²) in [7, 11) is -0.969. The second kappa shape index (κ2) is 7.05. The molecule has 0 saturated heterocycles. The van der Waals surface area contributed by atoms with Crippen molar-refractivity contribution in [3.8, 4) is 11.5 Å². The van der Waals surface area contributed by atoms with Crippen LogP contribution in [0.1, 0.15) is 0 Å². The molecular weight excluding hydrogens is 398 g/mol. The fraction of sp³-hybridized carbons (Fsp3) is 0.263. The van der Waals surface area contributed by atoms with E-state index in [1.165, 1.54) is 36.9 Å². The highest BCUT2D eigenvalue weighted by Crippen LogP contribution is 2.30. The number of nitrogens with zero attached hydrogens (tertiary/aromatic N) is 2. The first kappa shape index (κ1) is 19.2. The fourth-order valence-electron chi connectivity index (χ4n) is 3.18. The van der Waals surface area contributed by atoms with Crippen molar-refractivity contribution in [1.82, 2.24) is 13.9 Å². The van der Waals surface area contributed by atoms with E-state index in [0.717, 1.165) is 4.57 Å². The van der Waals surface area contributed by atoms with Crippen molar-refractivity contribution in [1.29, 1.82) is 0 Å². The third-order valence-electron chi connectivity index (χ3n) is 4.84. The first-order chi connectivity index (χ1) is 13.8. The molecule has 0 radical (unpaired) electrons. The van der Waals surface area contributed by atoms with Gasteiger partial charge in [-0.15, -0.1) is 0 Å². The lowest BCUT2D eigenvalue weighted by molar-refractivity contribution is 0.0943. The Morgan fingerprint density at radius 1 is 1.00 bits per heavy atom. The average molecular weight is 417 g/mol. The van der Waals surface area contributed by atoms with E-state index in [2.05, 4.69) is 4.72 Å². The maximum absolute atomic E-state index is 12.7. The van der Waals surface area contributed by atoms with Crippen molar-refractivity contribution in [2.45, 2.75) is 11.0 Å². The van der Waals surface area contributed by atoms with Crippen molar-refractivity contribution < 1.29 is 17.9 Å². The van der Waals surface area contributed by atoms with Crippen LogP contribution in [0.15, 0.2) is 56.9 Å². The van der Waals surface area contributed by atoms with Crippen LogP contribution >= 0.6 is 0 Å². The van der Waals surface area contributed by atoms with Gasteiger partial charge in [-0.2, -0.15) is 0 Å². The molecule has 0 fully saturated rings. The molecule has 4 rings (SSSR count). The summed E-state index contributed by atoms with van der Waals surface area (Å²) in [5.74, 6) is 1.18. The molecule has 0 saturated carbocycles. The molecule has 29 heavy (non-hydrogen) atoms. The summed E-state index contributed by atoms with van der Waals surface area (Å²) < 4.78 is 41.7. The minimum Gasteiger partial charge on any atom is -0.486 e. The Kier molecular flexibility index (Phi) is 4.67. The molecule has 1 aliphatic rings. The smallest absolute Gasteiger partial charge is 0.316 e. The summed E-state index contributed by atoms with van der Waals surface area (Å²) in [6, 6.07) is 11.4. The molecule has 0 bridgehead atoms. The Bertz CT molecular complexity index is 1330. The molecule has 1 N–H and O–H groups in total. The predicted octanol–water partition coefficient (Wildman–Crippen LogP) is 0.356. The van der Waals surface area contributed by atoms with Crippen molar-refractivity contribution in [2.24, 2.45) is 14.1 Å². The highest BCUT2D eigenvalue weighted by molar-refractivity contribution is 7.89. The Labute approximate surface area is 166 Å². The third kappa shape index (κ3) is 3.40. The summed E-state index contributed by atoms with van der Waals surface area (Å²) in [4.78, 5) is 23.9. The third-order valence-corrected chi connectivity index (χ3v) is 6.26. The minimum atomic E-state index is -3.87. The molecule has 1 aliphatic heterocycles. The van der Waals surface area contributed by atoms with Crippen LogP contribution in [0, 0.1) is 0 Å². The molecule has 152 valence electrons. The molecule has 0 spiro atoms. The fourth-order valence-corrected chi connectivity index (χ4v) is 4.26. The molecule has 10 heteroatoms. The molecule has 3 aromatic rings. The molecule has 9 nitrogen and oxygen atoms in total. The van der Waals surface area contributed by atoms with Gasteiger partial charge < -0.3 is 18.6 Å². The van der Waals surface area contributed by atoms with Crippen molar-refractivity contribution in [2.75, 3.05) is 13.2 Å². The van der Waals surface area contributed by atoms with Gasteiger partial charge in [0.25, 0.3) is 0 Å². The van der Waals surface area contributed by atoms with E-state index in [4.69, 9.17) is 9.47 Å². The molecule has 1 aromatic heterocycles. The largest absolute Gasteiger partial charge is 0.486 e. The average Bonchev–Trinajstić information content (AvgIpc) is 2.74. The van der Waals surface area contributed by atoms with Gasteiger partial charge >= 0.3 is 11.1 Å². The van der Waals surface area contributed by atoms with Gasteiger partial charge in [-0.05, 0) is 30.3 Å². The Morgan fingerprint density at radius 3 is 2.38 bits per heavy atom. The van der Waals surface area contributed by atoms with Crippen LogP contribution in [-0.4, -0.2) is 36.8 Å². The summed E-state index contributed by atoms with van der Waals surface area (Å²) in [6.45, 7) is 0.231. The van der Waals surface area contributed by atoms with Gasteiger partial charge in [0.15, 0.2) is 11.5 Å². The molecular formula is C19H19N3O6S. The summed E-state index contributed by atoms with van der Waals surface area (Å²) >= 11 is 0. The minimum absolute atomic E-state index is 0.0148. The lowest BCUT2D eigenvalue weighted by Crippen LogP contribution is -2.41. The lowest BCUT2D eigenvalue weighted by Gasteiger charge is -2.26. The van der Waals surface area contributed by atoms with Crippen molar-refractivity contribution >= 4 is 21.1 Å². The number of ether oxygens (including phenoxy) is 2. The quantitative estimate of drug-likeness (QED) is 0.614. The summed E-state index contributed by atoms with van der Waals surface area (Å²) in [5.41, 5.74) is -0.611. The monoisotopic (exact) mass is 417 g/mol. The normalized spacial score (nSPS) is 16.1. The van der Waals surface area contributed by atoms with E-state index < -0.39 is 27.2 Å². The molecule has 1 atom stereocenters. The predicted molar refractivity (Wildman–Crippen MR) is 106 cm³/mol. The van der Waals surface area contributed by atoms with Gasteiger partial charge in [0.05, 0.1) is 22.5 Å². The molecule has 0 aliphatic carbocycles. The van der Waals surface area contributed by atoms with Crippen LogP contribution in [-0.2, 0) is 24.1 Å². The van der Waals surface area contributed by atoms with Gasteiger partial charge in [-0.25, -0.2) is 13.1 Å². The number of aromatic nitrogens is 2. The Hall–Kier alpha value is -3.11. The zero-order chi connectivity index (χ0) is 20.8. The van der Waals surface area contributed by atoms with Gasteiger partial charge in [-0.1, -0.05) is 12.1 Å². The number of benzene rings is 2. The second-order valence-corrected chi connectivity index (χ2v) is 8.50. The van der Waals surface area contributed by atoms with E-state index in [9.17, 15) is 18.0 Å². The number of fused-ring (bicyclic) bond motifs is 2. The van der Waals surface area contributed by atoms with E-state index >= 15 is 0 Å². The van der Waals surface area contributed by atoms with Gasteiger partial charge in [0, 0.05) is 14.1 Å². The molecule has 2 aromatic carbocycles. The summed E-state index contributed by atoms with van der Waals surface area (Å²) in [5, 5.41) is 0. The van der Waals surface area contributed by atoms with Crippen LogP contribution in [0.4, 0.5) is 0 Å². The van der Waals surface area contributed by atoms with Gasteiger partial charge in [0.1, 0.15) is 12.7 Å². The van der Waals surface area contributed by atoms with Crippen molar-refractivity contribution in [3.05, 3.63) is 63.2 Å². The number of rotatable bonds is 4. The summed E-state index contributed by atoms with van der Waals surface area (Å²) in [6.07, 6.45) is -0.481. The maximum Gasteiger partial charge on any atom is 0.316 e. The number of hydrogen-bond donors (Lipinski definition) is 1. The Morgan fingerprint density at radius 2 is 1.66 bits per heavy atom. The maximum atomic E-state index is 12.7. The van der Waals surface area contributed by atoms with E-state index in [1.54, 1.807) is 18.2 Å². The highest BCUT2D eigenvalue weighted by atomic mass is 32.2. The Balaban J connectivity index is 1.59. The highest BCUT2D eigenvalue weighted by Gasteiger charge is 2.24. The van der Waals surface area contributed by atoms with Crippen LogP contribution in [0.3, 0.4) is 0 Å². The zero-order valence-electron chi connectivity index (χ0n) is 15.8. The van der Waals surface area contributed by atoms with Gasteiger partial charge in [0.2, 0.25) is 10.0 Å². The number of para-hydroxylation sites is 2. The molecule has 1 unspecified atom stereocenters. The molecule has 2 heterocycles. The van der Waals surface area contributed by atoms with Crippen molar-refractivity contribution in [3.63, 3.8) is 0 Å². The van der Waals surface area contributed by atoms with Gasteiger partial charge in [-0.3, -0.25) is 9.59 Å². The number of aryl methyl sites for hydroxylation is 2. The van der Waals surface area contributed by atoms with Crippen LogP contribution < -0.4 is 25.3 Å². The number of nitrogens with one attached hydrogen (secondary N) is 1. The standard InChI is InChI=1S/C19H19N3O6S/c1-21-14-8-7-13(9-15(14)22(2)19(24)18(21)23)29(25,26)20-10-12-11-27-16-5-3-4-6-17(16)28-12/h3-9,12,20H,10-11H2,1-2H3. The van der Waals surface area contributed by atoms with Crippen LogP contribution in [0.2, 0.25) is 0 Å². The zero-order valence-corrected chi connectivity index (χ0v) is 16.6. The van der Waals surface area contributed by atoms with E-state index in [0.29, 0.717) is 22.5 Å². The second-order valence-electron chi connectivity index (χ2n) is 6.73. The van der Waals surface area contributed by atoms with E-state index in [-0.39, 0.29) is 18.0 Å². The number of sulfonamides is 1. The van der Waals surface area contributed by atoms with E-state index in [1.807, 2.05) is 6.07 Å². The first-order valence-electron chi connectivity index (χ1n) is 8.86. The van der Waals surface area contributed by atoms with Crippen LogP contribution in [0.25, 0.3) is 11.0 Å². The first-order valence-corrected chi connectivity index (χ1v) is 10.3.